The summed E-state index contributed by atoms with van der Waals surface area (Å²) in [6.07, 6.45) is 2.73. The number of amides is 2. The molecule has 0 unspecified atom stereocenters. The van der Waals surface area contributed by atoms with E-state index in [9.17, 15) is 18.4 Å². The number of carbonyl (C=O) groups is 2. The van der Waals surface area contributed by atoms with Crippen molar-refractivity contribution in [1.82, 2.24) is 15.2 Å². The van der Waals surface area contributed by atoms with E-state index in [1.54, 1.807) is 0 Å². The van der Waals surface area contributed by atoms with Crippen molar-refractivity contribution in [2.24, 2.45) is 5.10 Å². The number of allylic oxidation sites excluding steroid dienone is 1. The highest BCUT2D eigenvalue weighted by atomic mass is 19.1. The number of carbonyl (C=O) groups excluding carboxylic acids is 2. The van der Waals surface area contributed by atoms with E-state index in [1.165, 1.54) is 49.5 Å². The van der Waals surface area contributed by atoms with Crippen LogP contribution in [0.4, 0.5) is 26.0 Å². The molecule has 0 radical (unpaired) electrons. The Labute approximate surface area is 220 Å². The number of fused-ring (bicyclic) bond motifs is 1. The lowest BCUT2D eigenvalue weighted by Gasteiger charge is -2.18. The van der Waals surface area contributed by atoms with Crippen LogP contribution in [-0.2, 0) is 9.59 Å². The van der Waals surface area contributed by atoms with E-state index in [-0.39, 0.29) is 41.6 Å². The van der Waals surface area contributed by atoms with E-state index in [0.29, 0.717) is 16.9 Å². The van der Waals surface area contributed by atoms with Crippen LogP contribution in [0, 0.1) is 11.6 Å². The van der Waals surface area contributed by atoms with E-state index < -0.39 is 23.4 Å². The first kappa shape index (κ1) is 26.9. The Bertz CT molecular complexity index is 1550. The van der Waals surface area contributed by atoms with Crippen molar-refractivity contribution >= 4 is 46.8 Å². The summed E-state index contributed by atoms with van der Waals surface area (Å²) in [6.45, 7) is 4.93. The SMILES string of the molecule is C=NN(C(=O)/C(=C\C)C(=O)Nc1ccc(Oc2ccnc3[nH]nc(NCCO)c23)c(F)c1)c1ccc(F)cc1. The minimum absolute atomic E-state index is 0.0605. The third-order valence-electron chi connectivity index (χ3n) is 5.41. The van der Waals surface area contributed by atoms with Gasteiger partial charge in [-0.2, -0.15) is 15.2 Å². The van der Waals surface area contributed by atoms with Crippen LogP contribution in [0.15, 0.2) is 71.5 Å². The van der Waals surface area contributed by atoms with Crippen molar-refractivity contribution in [3.05, 3.63) is 78.0 Å². The lowest BCUT2D eigenvalue weighted by Crippen LogP contribution is -2.32. The molecular formula is C26H23F2N7O4. The van der Waals surface area contributed by atoms with E-state index in [1.807, 2.05) is 0 Å². The molecule has 2 amide bonds. The predicted molar refractivity (Wildman–Crippen MR) is 142 cm³/mol. The number of nitrogens with zero attached hydrogens (tertiary/aromatic N) is 4. The molecular weight excluding hydrogens is 512 g/mol. The molecule has 4 N–H and O–H groups in total. The van der Waals surface area contributed by atoms with Gasteiger partial charge in [0, 0.05) is 37.3 Å². The number of hydrogen-bond acceptors (Lipinski definition) is 8. The standard InChI is InChI=1S/C26H23F2N7O4/c1-3-18(26(38)35(29-2)17-7-4-15(27)5-8-17)25(37)32-16-6-9-20(19(28)14-16)39-21-10-11-30-23-22(21)24(34-33-23)31-12-13-36/h3-11,14,36H,2,12-13H2,1H3,(H,32,37)(H2,30,31,33,34)/b18-3-. The van der Waals surface area contributed by atoms with Gasteiger partial charge in [0.2, 0.25) is 0 Å². The molecule has 0 bridgehead atoms. The average molecular weight is 536 g/mol. The fourth-order valence-electron chi connectivity index (χ4n) is 3.60. The summed E-state index contributed by atoms with van der Waals surface area (Å²) < 4.78 is 34.0. The zero-order valence-corrected chi connectivity index (χ0v) is 20.6. The van der Waals surface area contributed by atoms with Crippen molar-refractivity contribution in [3.63, 3.8) is 0 Å². The van der Waals surface area contributed by atoms with Gasteiger partial charge in [-0.3, -0.25) is 14.7 Å². The summed E-state index contributed by atoms with van der Waals surface area (Å²) in [4.78, 5) is 30.0. The van der Waals surface area contributed by atoms with Gasteiger partial charge in [0.1, 0.15) is 22.5 Å². The molecule has 39 heavy (non-hydrogen) atoms. The second-order valence-corrected chi connectivity index (χ2v) is 7.89. The van der Waals surface area contributed by atoms with Gasteiger partial charge < -0.3 is 20.5 Å². The van der Waals surface area contributed by atoms with Crippen LogP contribution < -0.4 is 20.4 Å². The summed E-state index contributed by atoms with van der Waals surface area (Å²) >= 11 is 0. The highest BCUT2D eigenvalue weighted by Gasteiger charge is 2.25. The third kappa shape index (κ3) is 5.88. The summed E-state index contributed by atoms with van der Waals surface area (Å²) in [5.41, 5.74) is 0.359. The molecule has 0 aliphatic carbocycles. The molecule has 0 saturated heterocycles. The first-order valence-corrected chi connectivity index (χ1v) is 11.6. The Balaban J connectivity index is 1.51. The average Bonchev–Trinajstić information content (AvgIpc) is 3.35. The van der Waals surface area contributed by atoms with Crippen LogP contribution in [0.25, 0.3) is 11.0 Å². The molecule has 4 rings (SSSR count). The minimum Gasteiger partial charge on any atom is -0.453 e. The second kappa shape index (κ2) is 11.9. The van der Waals surface area contributed by atoms with Gasteiger partial charge in [0.15, 0.2) is 23.0 Å². The van der Waals surface area contributed by atoms with Crippen LogP contribution in [0.2, 0.25) is 0 Å². The Hall–Kier alpha value is -5.17. The number of ether oxygens (including phenoxy) is 1. The normalized spacial score (nSPS) is 11.2. The summed E-state index contributed by atoms with van der Waals surface area (Å²) in [5, 5.41) is 26.2. The number of nitrogens with one attached hydrogen (secondary N) is 3. The van der Waals surface area contributed by atoms with E-state index in [2.05, 4.69) is 37.6 Å². The largest absolute Gasteiger partial charge is 0.453 e. The molecule has 0 aliphatic rings. The number of hydrazone groups is 1. The number of aliphatic hydroxyl groups is 1. The van der Waals surface area contributed by atoms with Crippen molar-refractivity contribution in [2.75, 3.05) is 28.8 Å². The van der Waals surface area contributed by atoms with Crippen molar-refractivity contribution in [3.8, 4) is 11.5 Å². The number of benzene rings is 2. The fraction of sp³-hybridized carbons (Fsp3) is 0.115. The maximum Gasteiger partial charge on any atom is 0.283 e. The monoisotopic (exact) mass is 535 g/mol. The van der Waals surface area contributed by atoms with Gasteiger partial charge in [-0.25, -0.2) is 13.8 Å². The van der Waals surface area contributed by atoms with Gasteiger partial charge in [-0.1, -0.05) is 6.08 Å². The van der Waals surface area contributed by atoms with Crippen molar-refractivity contribution < 1.29 is 28.2 Å². The molecule has 2 aromatic heterocycles. The topological polar surface area (TPSA) is 145 Å². The number of pyridine rings is 1. The quantitative estimate of drug-likeness (QED) is 0.0791. The third-order valence-corrected chi connectivity index (χ3v) is 5.41. The van der Waals surface area contributed by atoms with Crippen LogP contribution in [0.1, 0.15) is 6.92 Å². The van der Waals surface area contributed by atoms with Gasteiger partial charge in [0.25, 0.3) is 11.8 Å². The molecule has 0 spiro atoms. The van der Waals surface area contributed by atoms with E-state index in [4.69, 9.17) is 9.84 Å². The summed E-state index contributed by atoms with van der Waals surface area (Å²) in [5.74, 6) is -2.45. The van der Waals surface area contributed by atoms with Crippen LogP contribution >= 0.6 is 0 Å². The van der Waals surface area contributed by atoms with Gasteiger partial charge in [-0.05, 0) is 43.3 Å². The number of halogens is 2. The maximum atomic E-state index is 15.0. The zero-order chi connectivity index (χ0) is 27.9. The molecule has 0 fully saturated rings. The smallest absolute Gasteiger partial charge is 0.283 e. The molecule has 0 aliphatic heterocycles. The highest BCUT2D eigenvalue weighted by Crippen LogP contribution is 2.34. The number of anilines is 3. The first-order chi connectivity index (χ1) is 18.9. The van der Waals surface area contributed by atoms with Crippen molar-refractivity contribution in [2.45, 2.75) is 6.92 Å². The minimum atomic E-state index is -0.819. The Kier molecular flexibility index (Phi) is 8.21. The van der Waals surface area contributed by atoms with Crippen LogP contribution in [0.5, 0.6) is 11.5 Å². The number of H-pyrrole nitrogens is 1. The second-order valence-electron chi connectivity index (χ2n) is 7.89. The van der Waals surface area contributed by atoms with E-state index in [0.717, 1.165) is 23.2 Å². The molecule has 200 valence electrons. The number of aromatic amines is 1. The number of rotatable bonds is 10. The predicted octanol–water partition coefficient (Wildman–Crippen LogP) is 3.97. The first-order valence-electron chi connectivity index (χ1n) is 11.6. The molecule has 11 nitrogen and oxygen atoms in total. The molecule has 2 aromatic carbocycles. The van der Waals surface area contributed by atoms with E-state index >= 15 is 0 Å². The number of aromatic nitrogens is 3. The van der Waals surface area contributed by atoms with Crippen LogP contribution in [0.3, 0.4) is 0 Å². The molecule has 0 saturated carbocycles. The van der Waals surface area contributed by atoms with Gasteiger partial charge in [-0.15, -0.1) is 0 Å². The Morgan fingerprint density at radius 1 is 1.18 bits per heavy atom. The maximum absolute atomic E-state index is 15.0. The Morgan fingerprint density at radius 2 is 1.95 bits per heavy atom. The lowest BCUT2D eigenvalue weighted by atomic mass is 10.2. The van der Waals surface area contributed by atoms with Crippen molar-refractivity contribution in [1.29, 1.82) is 0 Å². The lowest BCUT2D eigenvalue weighted by molar-refractivity contribution is -0.119. The molecule has 2 heterocycles. The molecule has 4 aromatic rings. The number of aliphatic hydroxyl groups excluding tert-OH is 1. The van der Waals surface area contributed by atoms with Gasteiger partial charge >= 0.3 is 0 Å². The molecule has 13 heteroatoms. The number of hydrogen-bond donors (Lipinski definition) is 4. The Morgan fingerprint density at radius 3 is 2.62 bits per heavy atom. The van der Waals surface area contributed by atoms with Gasteiger partial charge in [0.05, 0.1) is 12.3 Å². The fourth-order valence-corrected chi connectivity index (χ4v) is 3.60. The summed E-state index contributed by atoms with van der Waals surface area (Å²) in [7, 11) is 0. The summed E-state index contributed by atoms with van der Waals surface area (Å²) in [6, 6.07) is 10.2. The zero-order valence-electron chi connectivity index (χ0n) is 20.6. The van der Waals surface area contributed by atoms with Crippen LogP contribution in [-0.4, -0.2) is 52.0 Å². The molecule has 0 atom stereocenters. The highest BCUT2D eigenvalue weighted by molar-refractivity contribution is 6.26.